The van der Waals surface area contributed by atoms with E-state index in [0.29, 0.717) is 0 Å². The van der Waals surface area contributed by atoms with Gasteiger partial charge in [0.2, 0.25) is 0 Å². The van der Waals surface area contributed by atoms with Crippen LogP contribution < -0.4 is 21.3 Å². The third kappa shape index (κ3) is 11.4. The molecule has 0 saturated heterocycles. The molecule has 0 radical (unpaired) electrons. The summed E-state index contributed by atoms with van der Waals surface area (Å²) in [4.78, 5) is 0. The average Bonchev–Trinajstić information content (AvgIpc) is 2.71. The number of hydrogen-bond acceptors (Lipinski definition) is 2. The van der Waals surface area contributed by atoms with E-state index >= 15 is 0 Å². The summed E-state index contributed by atoms with van der Waals surface area (Å²) < 4.78 is 0. The van der Waals surface area contributed by atoms with Gasteiger partial charge in [0.25, 0.3) is 0 Å². The van der Waals surface area contributed by atoms with Crippen LogP contribution in [0.25, 0.3) is 0 Å². The summed E-state index contributed by atoms with van der Waals surface area (Å²) in [5.41, 5.74) is 3.83. The standard InChI is InChI=1S/C22H38N4S2/c1-4-7-9-11-23-21(27)25-16-19-13-18(6-3)14-20(15-19)17-26-22(28)24-12-10-8-5-2/h13-15H,4-12,16-17H2,1-3H3,(H2,23,25,27)(H2,24,26,28). The normalized spacial score (nSPS) is 10.4. The Kier molecular flexibility index (Phi) is 13.7. The largest absolute Gasteiger partial charge is 0.363 e. The summed E-state index contributed by atoms with van der Waals surface area (Å²) in [6.07, 6.45) is 8.25. The van der Waals surface area contributed by atoms with Gasteiger partial charge in [0.05, 0.1) is 0 Å². The Labute approximate surface area is 182 Å². The zero-order chi connectivity index (χ0) is 20.6. The fourth-order valence-electron chi connectivity index (χ4n) is 2.89. The van der Waals surface area contributed by atoms with Crippen LogP contribution in [0.3, 0.4) is 0 Å². The maximum Gasteiger partial charge on any atom is 0.166 e. The van der Waals surface area contributed by atoms with Crippen molar-refractivity contribution in [3.05, 3.63) is 34.9 Å². The van der Waals surface area contributed by atoms with E-state index in [1.54, 1.807) is 0 Å². The summed E-state index contributed by atoms with van der Waals surface area (Å²) >= 11 is 10.8. The monoisotopic (exact) mass is 422 g/mol. The number of nitrogens with one attached hydrogen (secondary N) is 4. The first kappa shape index (κ1) is 24.6. The highest BCUT2D eigenvalue weighted by atomic mass is 32.1. The van der Waals surface area contributed by atoms with Crippen molar-refractivity contribution >= 4 is 34.7 Å². The molecule has 0 atom stereocenters. The van der Waals surface area contributed by atoms with E-state index in [1.165, 1.54) is 42.4 Å². The molecule has 1 rings (SSSR count). The maximum absolute atomic E-state index is 5.38. The smallest absolute Gasteiger partial charge is 0.166 e. The number of benzene rings is 1. The van der Waals surface area contributed by atoms with Crippen molar-refractivity contribution in [2.75, 3.05) is 13.1 Å². The van der Waals surface area contributed by atoms with Gasteiger partial charge in [-0.15, -0.1) is 0 Å². The second-order valence-electron chi connectivity index (χ2n) is 7.14. The third-order valence-electron chi connectivity index (χ3n) is 4.56. The molecule has 0 amide bonds. The number of unbranched alkanes of at least 4 members (excludes halogenated alkanes) is 4. The van der Waals surface area contributed by atoms with Crippen LogP contribution in [0.2, 0.25) is 0 Å². The maximum atomic E-state index is 5.38. The Morgan fingerprint density at radius 2 is 1.07 bits per heavy atom. The van der Waals surface area contributed by atoms with E-state index < -0.39 is 0 Å². The lowest BCUT2D eigenvalue weighted by Crippen LogP contribution is -2.36. The molecule has 0 aliphatic carbocycles. The van der Waals surface area contributed by atoms with E-state index in [0.717, 1.165) is 55.7 Å². The highest BCUT2D eigenvalue weighted by Gasteiger charge is 2.03. The molecular formula is C22H38N4S2. The van der Waals surface area contributed by atoms with Gasteiger partial charge < -0.3 is 21.3 Å². The molecule has 6 heteroatoms. The second-order valence-corrected chi connectivity index (χ2v) is 7.96. The van der Waals surface area contributed by atoms with Crippen LogP contribution in [-0.4, -0.2) is 23.3 Å². The van der Waals surface area contributed by atoms with E-state index in [9.17, 15) is 0 Å². The summed E-state index contributed by atoms with van der Waals surface area (Å²) in [5.74, 6) is 0. The van der Waals surface area contributed by atoms with E-state index in [1.807, 2.05) is 0 Å². The molecule has 1 aromatic rings. The fraction of sp³-hybridized carbons (Fsp3) is 0.636. The Balaban J connectivity index is 2.46. The fourth-order valence-corrected chi connectivity index (χ4v) is 3.24. The summed E-state index contributed by atoms with van der Waals surface area (Å²) in [7, 11) is 0. The molecule has 1 aromatic carbocycles. The molecule has 158 valence electrons. The van der Waals surface area contributed by atoms with Crippen molar-refractivity contribution in [2.24, 2.45) is 0 Å². The van der Waals surface area contributed by atoms with Gasteiger partial charge in [-0.3, -0.25) is 0 Å². The molecule has 0 bridgehead atoms. The number of hydrogen-bond donors (Lipinski definition) is 4. The van der Waals surface area contributed by atoms with E-state index in [2.05, 4.69) is 60.2 Å². The lowest BCUT2D eigenvalue weighted by molar-refractivity contribution is 0.687. The molecule has 4 nitrogen and oxygen atoms in total. The zero-order valence-electron chi connectivity index (χ0n) is 17.8. The SMILES string of the molecule is CCCCCNC(=S)NCc1cc(CC)cc(CNC(=S)NCCCCC)c1. The molecule has 0 aromatic heterocycles. The Hall–Kier alpha value is -1.40. The predicted octanol–water partition coefficient (Wildman–Crippen LogP) is 4.56. The molecular weight excluding hydrogens is 384 g/mol. The lowest BCUT2D eigenvalue weighted by atomic mass is 10.0. The number of thiocarbonyl (C=S) groups is 2. The predicted molar refractivity (Wildman–Crippen MR) is 130 cm³/mol. The molecule has 0 unspecified atom stereocenters. The van der Waals surface area contributed by atoms with Gasteiger partial charge in [-0.2, -0.15) is 0 Å². The van der Waals surface area contributed by atoms with Crippen molar-refractivity contribution in [3.63, 3.8) is 0 Å². The lowest BCUT2D eigenvalue weighted by Gasteiger charge is -2.14. The zero-order valence-corrected chi connectivity index (χ0v) is 19.5. The molecule has 0 saturated carbocycles. The average molecular weight is 423 g/mol. The van der Waals surface area contributed by atoms with Crippen LogP contribution in [0.5, 0.6) is 0 Å². The summed E-state index contributed by atoms with van der Waals surface area (Å²) in [6.45, 7) is 9.95. The van der Waals surface area contributed by atoms with Crippen LogP contribution in [0.4, 0.5) is 0 Å². The second kappa shape index (κ2) is 15.5. The first-order chi connectivity index (χ1) is 13.6. The summed E-state index contributed by atoms with van der Waals surface area (Å²) in [6, 6.07) is 6.72. The van der Waals surface area contributed by atoms with Crippen molar-refractivity contribution in [1.82, 2.24) is 21.3 Å². The van der Waals surface area contributed by atoms with Crippen molar-refractivity contribution < 1.29 is 0 Å². The van der Waals surface area contributed by atoms with Gasteiger partial charge in [-0.25, -0.2) is 0 Å². The van der Waals surface area contributed by atoms with Crippen LogP contribution in [-0.2, 0) is 19.5 Å². The van der Waals surface area contributed by atoms with Crippen molar-refractivity contribution in [1.29, 1.82) is 0 Å². The van der Waals surface area contributed by atoms with E-state index in [-0.39, 0.29) is 0 Å². The van der Waals surface area contributed by atoms with Gasteiger partial charge in [-0.05, 0) is 60.4 Å². The van der Waals surface area contributed by atoms with Crippen molar-refractivity contribution in [2.45, 2.75) is 78.8 Å². The minimum absolute atomic E-state index is 0.732. The highest BCUT2D eigenvalue weighted by molar-refractivity contribution is 7.80. The van der Waals surface area contributed by atoms with Crippen LogP contribution in [0.15, 0.2) is 18.2 Å². The van der Waals surface area contributed by atoms with Gasteiger partial charge in [0.15, 0.2) is 10.2 Å². The Morgan fingerprint density at radius 1 is 0.643 bits per heavy atom. The minimum Gasteiger partial charge on any atom is -0.363 e. The summed E-state index contributed by atoms with van der Waals surface area (Å²) in [5, 5.41) is 14.7. The van der Waals surface area contributed by atoms with Gasteiger partial charge >= 0.3 is 0 Å². The third-order valence-corrected chi connectivity index (χ3v) is 5.14. The Bertz CT molecular complexity index is 544. The van der Waals surface area contributed by atoms with Gasteiger partial charge in [0.1, 0.15) is 0 Å². The van der Waals surface area contributed by atoms with E-state index in [4.69, 9.17) is 24.4 Å². The quantitative estimate of drug-likeness (QED) is 0.276. The van der Waals surface area contributed by atoms with Gasteiger partial charge in [-0.1, -0.05) is 64.7 Å². The van der Waals surface area contributed by atoms with Crippen molar-refractivity contribution in [3.8, 4) is 0 Å². The number of aryl methyl sites for hydroxylation is 1. The molecule has 0 aliphatic heterocycles. The first-order valence-corrected chi connectivity index (χ1v) is 11.6. The molecule has 4 N–H and O–H groups in total. The molecule has 0 spiro atoms. The molecule has 0 heterocycles. The Morgan fingerprint density at radius 3 is 1.46 bits per heavy atom. The molecule has 0 fully saturated rings. The van der Waals surface area contributed by atoms with Crippen LogP contribution >= 0.6 is 24.4 Å². The molecule has 0 aliphatic rings. The van der Waals surface area contributed by atoms with Crippen LogP contribution in [0.1, 0.15) is 76.0 Å². The van der Waals surface area contributed by atoms with Crippen LogP contribution in [0, 0.1) is 0 Å². The topological polar surface area (TPSA) is 48.1 Å². The minimum atomic E-state index is 0.732. The highest BCUT2D eigenvalue weighted by Crippen LogP contribution is 2.11. The molecule has 28 heavy (non-hydrogen) atoms. The first-order valence-electron chi connectivity index (χ1n) is 10.7. The number of rotatable bonds is 13. The van der Waals surface area contributed by atoms with Gasteiger partial charge in [0, 0.05) is 26.2 Å².